The number of nitro benzene ring substituents is 1. The van der Waals surface area contributed by atoms with Crippen LogP contribution in [0.3, 0.4) is 0 Å². The first-order valence-corrected chi connectivity index (χ1v) is 9.73. The fraction of sp³-hybridized carbons (Fsp3) is 0.250. The van der Waals surface area contributed by atoms with Crippen LogP contribution in [0.4, 0.5) is 11.4 Å². The van der Waals surface area contributed by atoms with E-state index in [4.69, 9.17) is 0 Å². The van der Waals surface area contributed by atoms with E-state index < -0.39 is 0 Å². The maximum absolute atomic E-state index is 11.4. The number of anilines is 1. The zero-order valence-corrected chi connectivity index (χ0v) is 16.0. The molecule has 0 unspecified atom stereocenters. The molecule has 0 saturated carbocycles. The summed E-state index contributed by atoms with van der Waals surface area (Å²) in [5, 5.41) is 15.1. The van der Waals surface area contributed by atoms with Crippen molar-refractivity contribution in [2.45, 2.75) is 32.2 Å². The molecule has 0 amide bonds. The van der Waals surface area contributed by atoms with Crippen LogP contribution in [0.1, 0.15) is 45.3 Å². The largest absolute Gasteiger partial charge is 0.378 e. The van der Waals surface area contributed by atoms with Gasteiger partial charge in [-0.15, -0.1) is 0 Å². The quantitative estimate of drug-likeness (QED) is 0.466. The van der Waals surface area contributed by atoms with Gasteiger partial charge in [-0.3, -0.25) is 10.1 Å². The molecule has 4 nitrogen and oxygen atoms in total. The average Bonchev–Trinajstić information content (AvgIpc) is 3.08. The average molecular weight is 370 g/mol. The number of nitro groups is 1. The molecule has 0 spiro atoms. The minimum Gasteiger partial charge on any atom is -0.378 e. The lowest BCUT2D eigenvalue weighted by atomic mass is 9.74. The zero-order valence-electron chi connectivity index (χ0n) is 16.0. The summed E-state index contributed by atoms with van der Waals surface area (Å²) in [6.07, 6.45) is 0.980. The SMILES string of the molecule is Cc1ccc(C)c([C@@H]2Nc3ccc([N+](=O)[O-])cc3[C@@H]3c4ccccc4C[C@@H]32)c1. The minimum atomic E-state index is -0.299. The third-order valence-corrected chi connectivity index (χ3v) is 6.36. The van der Waals surface area contributed by atoms with Crippen molar-refractivity contribution < 1.29 is 4.92 Å². The van der Waals surface area contributed by atoms with Gasteiger partial charge >= 0.3 is 0 Å². The van der Waals surface area contributed by atoms with Gasteiger partial charge in [-0.1, -0.05) is 48.0 Å². The van der Waals surface area contributed by atoms with Crippen LogP contribution in [-0.4, -0.2) is 4.92 Å². The standard InChI is InChI=1S/C24H22N2O2/c1-14-7-8-15(2)19(11-14)24-21-12-16-5-3-4-6-18(16)23(21)20-13-17(26(27)28)9-10-22(20)25-24/h3-11,13,21,23-25H,12H2,1-2H3/t21-,23-,24-/m0/s1. The second kappa shape index (κ2) is 6.20. The van der Waals surface area contributed by atoms with E-state index >= 15 is 0 Å². The molecule has 0 bridgehead atoms. The molecule has 140 valence electrons. The highest BCUT2D eigenvalue weighted by Crippen LogP contribution is 2.54. The first-order chi connectivity index (χ1) is 13.5. The van der Waals surface area contributed by atoms with Crippen LogP contribution in [0, 0.1) is 29.9 Å². The fourth-order valence-corrected chi connectivity index (χ4v) is 5.06. The molecule has 0 fully saturated rings. The van der Waals surface area contributed by atoms with Gasteiger partial charge in [0.25, 0.3) is 5.69 Å². The highest BCUT2D eigenvalue weighted by Gasteiger charge is 2.44. The molecular formula is C24H22N2O2. The summed E-state index contributed by atoms with van der Waals surface area (Å²) in [4.78, 5) is 11.1. The Labute approximate surface area is 164 Å². The number of hydrogen-bond acceptors (Lipinski definition) is 3. The molecule has 3 atom stereocenters. The molecule has 4 heteroatoms. The smallest absolute Gasteiger partial charge is 0.269 e. The Kier molecular flexibility index (Phi) is 3.76. The van der Waals surface area contributed by atoms with Crippen LogP contribution in [0.25, 0.3) is 0 Å². The Hall–Kier alpha value is -3.14. The molecule has 3 aromatic rings. The molecule has 1 aliphatic carbocycles. The molecule has 0 aromatic heterocycles. The molecular weight excluding hydrogens is 348 g/mol. The van der Waals surface area contributed by atoms with E-state index in [1.165, 1.54) is 27.8 Å². The lowest BCUT2D eigenvalue weighted by molar-refractivity contribution is -0.384. The molecule has 2 aliphatic rings. The summed E-state index contributed by atoms with van der Waals surface area (Å²) >= 11 is 0. The molecule has 5 rings (SSSR count). The van der Waals surface area contributed by atoms with Crippen LogP contribution in [0.5, 0.6) is 0 Å². The van der Waals surface area contributed by atoms with Crippen LogP contribution in [-0.2, 0) is 6.42 Å². The van der Waals surface area contributed by atoms with Gasteiger partial charge in [-0.05, 0) is 60.1 Å². The fourth-order valence-electron chi connectivity index (χ4n) is 5.06. The second-order valence-electron chi connectivity index (χ2n) is 8.06. The lowest BCUT2D eigenvalue weighted by Crippen LogP contribution is -2.31. The van der Waals surface area contributed by atoms with E-state index in [0.29, 0.717) is 5.92 Å². The van der Waals surface area contributed by atoms with E-state index in [0.717, 1.165) is 17.7 Å². The number of nitrogens with zero attached hydrogens (tertiary/aromatic N) is 1. The molecule has 0 saturated heterocycles. The van der Waals surface area contributed by atoms with Crippen molar-refractivity contribution in [3.05, 3.63) is 104 Å². The van der Waals surface area contributed by atoms with E-state index in [2.05, 4.69) is 61.6 Å². The Balaban J connectivity index is 1.71. The van der Waals surface area contributed by atoms with Gasteiger partial charge in [0.1, 0.15) is 0 Å². The lowest BCUT2D eigenvalue weighted by Gasteiger charge is -2.38. The van der Waals surface area contributed by atoms with Crippen LogP contribution in [0.2, 0.25) is 0 Å². The number of benzene rings is 3. The number of hydrogen-bond donors (Lipinski definition) is 1. The van der Waals surface area contributed by atoms with Crippen molar-refractivity contribution in [3.63, 3.8) is 0 Å². The first kappa shape index (κ1) is 17.0. The Morgan fingerprint density at radius 1 is 0.964 bits per heavy atom. The van der Waals surface area contributed by atoms with Crippen molar-refractivity contribution in [1.82, 2.24) is 0 Å². The zero-order chi connectivity index (χ0) is 19.4. The molecule has 0 radical (unpaired) electrons. The molecule has 28 heavy (non-hydrogen) atoms. The van der Waals surface area contributed by atoms with E-state index in [1.807, 2.05) is 6.07 Å². The number of fused-ring (bicyclic) bond motifs is 5. The predicted octanol–water partition coefficient (Wildman–Crippen LogP) is 5.68. The van der Waals surface area contributed by atoms with E-state index in [1.54, 1.807) is 12.1 Å². The van der Waals surface area contributed by atoms with Crippen molar-refractivity contribution in [2.24, 2.45) is 5.92 Å². The van der Waals surface area contributed by atoms with Crippen molar-refractivity contribution in [3.8, 4) is 0 Å². The topological polar surface area (TPSA) is 55.2 Å². The second-order valence-corrected chi connectivity index (χ2v) is 8.06. The number of non-ortho nitro benzene ring substituents is 1. The Bertz CT molecular complexity index is 1110. The van der Waals surface area contributed by atoms with Gasteiger partial charge in [-0.25, -0.2) is 0 Å². The normalized spacial score (nSPS) is 22.0. The summed E-state index contributed by atoms with van der Waals surface area (Å²) in [5.41, 5.74) is 8.74. The van der Waals surface area contributed by atoms with E-state index in [9.17, 15) is 10.1 Å². The Morgan fingerprint density at radius 2 is 1.79 bits per heavy atom. The van der Waals surface area contributed by atoms with Gasteiger partial charge in [0, 0.05) is 23.7 Å². The van der Waals surface area contributed by atoms with Gasteiger partial charge in [-0.2, -0.15) is 0 Å². The van der Waals surface area contributed by atoms with Gasteiger partial charge in [0.2, 0.25) is 0 Å². The van der Waals surface area contributed by atoms with Gasteiger partial charge in [0.15, 0.2) is 0 Å². The van der Waals surface area contributed by atoms with Crippen LogP contribution in [0.15, 0.2) is 60.7 Å². The Morgan fingerprint density at radius 3 is 2.61 bits per heavy atom. The summed E-state index contributed by atoms with van der Waals surface area (Å²) in [7, 11) is 0. The van der Waals surface area contributed by atoms with Gasteiger partial charge < -0.3 is 5.32 Å². The van der Waals surface area contributed by atoms with Crippen molar-refractivity contribution >= 4 is 11.4 Å². The number of rotatable bonds is 2. The van der Waals surface area contributed by atoms with Gasteiger partial charge in [0.05, 0.1) is 11.0 Å². The highest BCUT2D eigenvalue weighted by atomic mass is 16.6. The first-order valence-electron chi connectivity index (χ1n) is 9.73. The molecule has 1 heterocycles. The molecule has 1 aliphatic heterocycles. The maximum atomic E-state index is 11.4. The monoisotopic (exact) mass is 370 g/mol. The number of aryl methyl sites for hydroxylation is 2. The molecule has 1 N–H and O–H groups in total. The highest BCUT2D eigenvalue weighted by molar-refractivity contribution is 5.65. The molecule has 3 aromatic carbocycles. The summed E-state index contributed by atoms with van der Waals surface area (Å²) < 4.78 is 0. The summed E-state index contributed by atoms with van der Waals surface area (Å²) in [6, 6.07) is 20.6. The van der Waals surface area contributed by atoms with Crippen LogP contribution < -0.4 is 5.32 Å². The number of nitrogens with one attached hydrogen (secondary N) is 1. The van der Waals surface area contributed by atoms with Crippen LogP contribution >= 0.6 is 0 Å². The summed E-state index contributed by atoms with van der Waals surface area (Å²) in [5.74, 6) is 0.518. The van der Waals surface area contributed by atoms with Crippen molar-refractivity contribution in [1.29, 1.82) is 0 Å². The minimum absolute atomic E-state index is 0.161. The third-order valence-electron chi connectivity index (χ3n) is 6.36. The maximum Gasteiger partial charge on any atom is 0.269 e. The third kappa shape index (κ3) is 2.52. The summed E-state index contributed by atoms with van der Waals surface area (Å²) in [6.45, 7) is 4.29. The van der Waals surface area contributed by atoms with E-state index in [-0.39, 0.29) is 22.6 Å². The van der Waals surface area contributed by atoms with Crippen molar-refractivity contribution in [2.75, 3.05) is 5.32 Å². The predicted molar refractivity (Wildman–Crippen MR) is 111 cm³/mol.